The van der Waals surface area contributed by atoms with Gasteiger partial charge in [-0.15, -0.1) is 0 Å². The van der Waals surface area contributed by atoms with Crippen molar-refractivity contribution in [3.63, 3.8) is 0 Å². The highest BCUT2D eigenvalue weighted by Gasteiger charge is 2.12. The van der Waals surface area contributed by atoms with Crippen LogP contribution < -0.4 is 0 Å². The molecule has 0 radical (unpaired) electrons. The lowest BCUT2D eigenvalue weighted by Gasteiger charge is -2.24. The summed E-state index contributed by atoms with van der Waals surface area (Å²) in [6, 6.07) is 17.3. The standard InChI is InChI=1S/C18H23NO/c1-14-5-9-17(10-6-14)13-20-19(4)16(3)18-11-7-15(2)8-12-18/h5-12,16H,13H2,1-4H3. The van der Waals surface area contributed by atoms with E-state index in [2.05, 4.69) is 69.3 Å². The summed E-state index contributed by atoms with van der Waals surface area (Å²) in [5, 5.41) is 1.92. The number of aryl methyl sites for hydroxylation is 2. The van der Waals surface area contributed by atoms with Crippen LogP contribution in [0.15, 0.2) is 48.5 Å². The number of hydrogen-bond donors (Lipinski definition) is 0. The van der Waals surface area contributed by atoms with Gasteiger partial charge in [0, 0.05) is 7.05 Å². The molecule has 2 aromatic rings. The SMILES string of the molecule is Cc1ccc(CON(C)C(C)c2ccc(C)cc2)cc1. The molecule has 2 heteroatoms. The average molecular weight is 269 g/mol. The smallest absolute Gasteiger partial charge is 0.0936 e. The molecular formula is C18H23NO. The van der Waals surface area contributed by atoms with Crippen LogP contribution in [0.2, 0.25) is 0 Å². The summed E-state index contributed by atoms with van der Waals surface area (Å²) >= 11 is 0. The van der Waals surface area contributed by atoms with Gasteiger partial charge in [0.2, 0.25) is 0 Å². The lowest BCUT2D eigenvalue weighted by Crippen LogP contribution is -2.22. The fourth-order valence-corrected chi connectivity index (χ4v) is 2.03. The molecule has 2 aromatic carbocycles. The predicted octanol–water partition coefficient (Wildman–Crippen LogP) is 4.43. The summed E-state index contributed by atoms with van der Waals surface area (Å²) in [6.07, 6.45) is 0. The van der Waals surface area contributed by atoms with Crippen molar-refractivity contribution in [2.45, 2.75) is 33.4 Å². The van der Waals surface area contributed by atoms with Crippen molar-refractivity contribution in [2.24, 2.45) is 0 Å². The minimum absolute atomic E-state index is 0.237. The number of nitrogens with zero attached hydrogens (tertiary/aromatic N) is 1. The Bertz CT molecular complexity index is 530. The zero-order valence-electron chi connectivity index (χ0n) is 12.8. The summed E-state index contributed by atoms with van der Waals surface area (Å²) < 4.78 is 0. The molecule has 20 heavy (non-hydrogen) atoms. The summed E-state index contributed by atoms with van der Waals surface area (Å²) in [4.78, 5) is 5.85. The van der Waals surface area contributed by atoms with E-state index in [-0.39, 0.29) is 6.04 Å². The number of hydroxylamine groups is 2. The van der Waals surface area contributed by atoms with Gasteiger partial charge in [-0.2, -0.15) is 5.06 Å². The van der Waals surface area contributed by atoms with Crippen LogP contribution in [0, 0.1) is 13.8 Å². The highest BCUT2D eigenvalue weighted by atomic mass is 16.7. The molecule has 0 bridgehead atoms. The highest BCUT2D eigenvalue weighted by Crippen LogP contribution is 2.20. The van der Waals surface area contributed by atoms with E-state index in [1.165, 1.54) is 22.3 Å². The molecule has 1 unspecified atom stereocenters. The number of rotatable bonds is 5. The Morgan fingerprint density at radius 3 is 1.95 bits per heavy atom. The molecule has 106 valence electrons. The molecular weight excluding hydrogens is 246 g/mol. The lowest BCUT2D eigenvalue weighted by atomic mass is 10.1. The van der Waals surface area contributed by atoms with Crippen LogP contribution in [-0.2, 0) is 11.4 Å². The quantitative estimate of drug-likeness (QED) is 0.745. The molecule has 1 atom stereocenters. The average Bonchev–Trinajstić information content (AvgIpc) is 2.46. The van der Waals surface area contributed by atoms with Gasteiger partial charge in [-0.05, 0) is 31.9 Å². The molecule has 0 fully saturated rings. The molecule has 0 aliphatic rings. The van der Waals surface area contributed by atoms with Crippen molar-refractivity contribution in [3.8, 4) is 0 Å². The Kier molecular flexibility index (Phi) is 4.94. The first-order chi connectivity index (χ1) is 9.56. The van der Waals surface area contributed by atoms with E-state index in [9.17, 15) is 0 Å². The molecule has 2 nitrogen and oxygen atoms in total. The molecule has 0 aliphatic carbocycles. The van der Waals surface area contributed by atoms with Crippen molar-refractivity contribution in [2.75, 3.05) is 7.05 Å². The monoisotopic (exact) mass is 269 g/mol. The molecule has 0 heterocycles. The van der Waals surface area contributed by atoms with Crippen LogP contribution in [-0.4, -0.2) is 12.1 Å². The fraction of sp³-hybridized carbons (Fsp3) is 0.333. The van der Waals surface area contributed by atoms with Crippen LogP contribution in [0.4, 0.5) is 0 Å². The zero-order chi connectivity index (χ0) is 14.5. The molecule has 0 aromatic heterocycles. The van der Waals surface area contributed by atoms with Gasteiger partial charge < -0.3 is 0 Å². The Morgan fingerprint density at radius 2 is 1.40 bits per heavy atom. The van der Waals surface area contributed by atoms with Gasteiger partial charge in [0.25, 0.3) is 0 Å². The molecule has 0 saturated carbocycles. The summed E-state index contributed by atoms with van der Waals surface area (Å²) in [5.41, 5.74) is 5.01. The third-order valence-electron chi connectivity index (χ3n) is 3.66. The number of hydrogen-bond acceptors (Lipinski definition) is 2. The van der Waals surface area contributed by atoms with Crippen LogP contribution >= 0.6 is 0 Å². The second-order valence-electron chi connectivity index (χ2n) is 5.39. The van der Waals surface area contributed by atoms with Crippen LogP contribution in [0.1, 0.15) is 35.2 Å². The van der Waals surface area contributed by atoms with E-state index in [1.54, 1.807) is 0 Å². The van der Waals surface area contributed by atoms with E-state index in [4.69, 9.17) is 4.84 Å². The Hall–Kier alpha value is -1.64. The zero-order valence-corrected chi connectivity index (χ0v) is 12.8. The van der Waals surface area contributed by atoms with E-state index >= 15 is 0 Å². The second-order valence-corrected chi connectivity index (χ2v) is 5.39. The van der Waals surface area contributed by atoms with Gasteiger partial charge in [-0.25, -0.2) is 0 Å². The molecule has 2 rings (SSSR count). The maximum absolute atomic E-state index is 5.85. The van der Waals surface area contributed by atoms with Gasteiger partial charge >= 0.3 is 0 Å². The highest BCUT2D eigenvalue weighted by molar-refractivity contribution is 5.23. The Balaban J connectivity index is 1.92. The third kappa shape index (κ3) is 3.92. The van der Waals surface area contributed by atoms with Gasteiger partial charge in [-0.1, -0.05) is 59.7 Å². The second kappa shape index (κ2) is 6.69. The largest absolute Gasteiger partial charge is 0.294 e. The normalized spacial score (nSPS) is 12.7. The first-order valence-electron chi connectivity index (χ1n) is 7.04. The Morgan fingerprint density at radius 1 is 0.900 bits per heavy atom. The van der Waals surface area contributed by atoms with Gasteiger partial charge in [0.1, 0.15) is 0 Å². The van der Waals surface area contributed by atoms with Crippen molar-refractivity contribution in [3.05, 3.63) is 70.8 Å². The summed E-state index contributed by atoms with van der Waals surface area (Å²) in [7, 11) is 1.98. The first-order valence-corrected chi connectivity index (χ1v) is 7.04. The van der Waals surface area contributed by atoms with Gasteiger partial charge in [-0.3, -0.25) is 4.84 Å². The van der Waals surface area contributed by atoms with Crippen LogP contribution in [0.3, 0.4) is 0 Å². The third-order valence-corrected chi connectivity index (χ3v) is 3.66. The predicted molar refractivity (Wildman–Crippen MR) is 83.3 cm³/mol. The van der Waals surface area contributed by atoms with Crippen molar-refractivity contribution in [1.82, 2.24) is 5.06 Å². The van der Waals surface area contributed by atoms with Crippen molar-refractivity contribution >= 4 is 0 Å². The van der Waals surface area contributed by atoms with Crippen molar-refractivity contribution in [1.29, 1.82) is 0 Å². The topological polar surface area (TPSA) is 12.5 Å². The maximum Gasteiger partial charge on any atom is 0.0936 e. The lowest BCUT2D eigenvalue weighted by molar-refractivity contribution is -0.176. The minimum Gasteiger partial charge on any atom is -0.294 e. The maximum atomic E-state index is 5.85. The fourth-order valence-electron chi connectivity index (χ4n) is 2.03. The molecule has 0 spiro atoms. The minimum atomic E-state index is 0.237. The van der Waals surface area contributed by atoms with Crippen molar-refractivity contribution < 1.29 is 4.84 Å². The molecule has 0 aliphatic heterocycles. The van der Waals surface area contributed by atoms with E-state index in [0.717, 1.165) is 0 Å². The number of benzene rings is 2. The summed E-state index contributed by atoms with van der Waals surface area (Å²) in [6.45, 7) is 6.95. The van der Waals surface area contributed by atoms with E-state index < -0.39 is 0 Å². The van der Waals surface area contributed by atoms with E-state index in [1.807, 2.05) is 12.1 Å². The van der Waals surface area contributed by atoms with Gasteiger partial charge in [0.15, 0.2) is 0 Å². The molecule has 0 N–H and O–H groups in total. The molecule has 0 amide bonds. The van der Waals surface area contributed by atoms with Crippen LogP contribution in [0.5, 0.6) is 0 Å². The first kappa shape index (κ1) is 14.8. The summed E-state index contributed by atoms with van der Waals surface area (Å²) in [5.74, 6) is 0. The van der Waals surface area contributed by atoms with Crippen LogP contribution in [0.25, 0.3) is 0 Å². The van der Waals surface area contributed by atoms with E-state index in [0.29, 0.717) is 6.61 Å². The molecule has 0 saturated heterocycles. The Labute approximate surface area is 122 Å². The van der Waals surface area contributed by atoms with Gasteiger partial charge in [0.05, 0.1) is 12.6 Å².